The van der Waals surface area contributed by atoms with Crippen molar-refractivity contribution in [1.82, 2.24) is 25.2 Å². The van der Waals surface area contributed by atoms with Crippen LogP contribution in [0.25, 0.3) is 11.3 Å². The number of carbonyl (C=O) groups excluding carboxylic acids is 1. The Morgan fingerprint density at radius 1 is 1.14 bits per heavy atom. The van der Waals surface area contributed by atoms with Gasteiger partial charge in [0.25, 0.3) is 5.91 Å². The number of hydrogen-bond donors (Lipinski definition) is 2. The van der Waals surface area contributed by atoms with Gasteiger partial charge < -0.3 is 15.8 Å². The van der Waals surface area contributed by atoms with E-state index in [-0.39, 0.29) is 17.8 Å². The first-order valence-corrected chi connectivity index (χ1v) is 11.6. The lowest BCUT2D eigenvalue weighted by Crippen LogP contribution is -2.41. The number of rotatable bonds is 6. The standard InChI is InChI=1S/C26H26F2N6O2/c1-2-22-19(5-3-17-4-6-23(29)31-15-17)25(33-16-32-22)18-13-20(27)24(21(28)14-18)26(35)30-7-8-34-9-11-36-12-10-34/h4,6,13-16H,2,7-12H2,1H3,(H2,29,31)(H,30,35). The molecule has 0 saturated carbocycles. The molecule has 0 spiro atoms. The molecule has 1 saturated heterocycles. The SMILES string of the molecule is CCc1ncnc(-c2cc(F)c(C(=O)NCCN3CCOCC3)c(F)c2)c1C#Cc1ccc(N)nc1. The summed E-state index contributed by atoms with van der Waals surface area (Å²) in [7, 11) is 0. The minimum Gasteiger partial charge on any atom is -0.384 e. The zero-order chi connectivity index (χ0) is 25.5. The number of nitrogens with zero attached hydrogens (tertiary/aromatic N) is 4. The summed E-state index contributed by atoms with van der Waals surface area (Å²) >= 11 is 0. The highest BCUT2D eigenvalue weighted by molar-refractivity contribution is 5.95. The van der Waals surface area contributed by atoms with Crippen LogP contribution in [0.5, 0.6) is 0 Å². The number of carbonyl (C=O) groups is 1. The van der Waals surface area contributed by atoms with E-state index in [4.69, 9.17) is 10.5 Å². The van der Waals surface area contributed by atoms with E-state index in [1.807, 2.05) is 6.92 Å². The predicted octanol–water partition coefficient (Wildman–Crippen LogP) is 2.42. The van der Waals surface area contributed by atoms with Crippen molar-refractivity contribution in [1.29, 1.82) is 0 Å². The number of hydrogen-bond acceptors (Lipinski definition) is 7. The van der Waals surface area contributed by atoms with E-state index in [0.29, 0.717) is 48.8 Å². The second-order valence-electron chi connectivity index (χ2n) is 8.14. The van der Waals surface area contributed by atoms with E-state index in [9.17, 15) is 4.79 Å². The third-order valence-electron chi connectivity index (χ3n) is 5.74. The Morgan fingerprint density at radius 3 is 2.56 bits per heavy atom. The summed E-state index contributed by atoms with van der Waals surface area (Å²) in [4.78, 5) is 27.2. The topological polar surface area (TPSA) is 106 Å². The maximum Gasteiger partial charge on any atom is 0.257 e. The maximum absolute atomic E-state index is 15.0. The lowest BCUT2D eigenvalue weighted by Gasteiger charge is -2.26. The van der Waals surface area contributed by atoms with E-state index >= 15 is 8.78 Å². The number of ether oxygens (including phenoxy) is 1. The van der Waals surface area contributed by atoms with Crippen molar-refractivity contribution in [2.24, 2.45) is 0 Å². The Balaban J connectivity index is 1.58. The van der Waals surface area contributed by atoms with Gasteiger partial charge in [-0.05, 0) is 30.7 Å². The highest BCUT2D eigenvalue weighted by Crippen LogP contribution is 2.27. The summed E-state index contributed by atoms with van der Waals surface area (Å²) in [6.45, 7) is 5.51. The third kappa shape index (κ3) is 6.00. The highest BCUT2D eigenvalue weighted by atomic mass is 19.1. The molecule has 0 unspecified atom stereocenters. The summed E-state index contributed by atoms with van der Waals surface area (Å²) in [6, 6.07) is 5.54. The minimum atomic E-state index is -0.979. The van der Waals surface area contributed by atoms with E-state index < -0.39 is 23.1 Å². The zero-order valence-corrected chi connectivity index (χ0v) is 19.9. The van der Waals surface area contributed by atoms with Crippen molar-refractivity contribution < 1.29 is 18.3 Å². The molecule has 4 rings (SSSR count). The van der Waals surface area contributed by atoms with Crippen molar-refractivity contribution in [2.75, 3.05) is 45.1 Å². The molecule has 1 aliphatic rings. The van der Waals surface area contributed by atoms with Gasteiger partial charge in [0.1, 0.15) is 29.3 Å². The molecule has 36 heavy (non-hydrogen) atoms. The molecule has 0 aliphatic carbocycles. The number of anilines is 1. The first-order chi connectivity index (χ1) is 17.5. The Hall–Kier alpha value is -3.94. The lowest BCUT2D eigenvalue weighted by atomic mass is 10.0. The number of pyridine rings is 1. The molecular weight excluding hydrogens is 466 g/mol. The quantitative estimate of drug-likeness (QED) is 0.509. The van der Waals surface area contributed by atoms with E-state index in [1.165, 1.54) is 12.5 Å². The molecule has 186 valence electrons. The Kier molecular flexibility index (Phi) is 8.15. The lowest BCUT2D eigenvalue weighted by molar-refractivity contribution is 0.0383. The summed E-state index contributed by atoms with van der Waals surface area (Å²) in [5.41, 5.74) is 7.10. The van der Waals surface area contributed by atoms with Crippen molar-refractivity contribution in [3.63, 3.8) is 0 Å². The first kappa shape index (κ1) is 25.2. The first-order valence-electron chi connectivity index (χ1n) is 11.6. The smallest absolute Gasteiger partial charge is 0.257 e. The van der Waals surface area contributed by atoms with Crippen LogP contribution in [0, 0.1) is 23.5 Å². The molecule has 1 amide bonds. The number of nitrogens with one attached hydrogen (secondary N) is 1. The van der Waals surface area contributed by atoms with Crippen LogP contribution in [0.2, 0.25) is 0 Å². The number of halogens is 2. The predicted molar refractivity (Wildman–Crippen MR) is 131 cm³/mol. The van der Waals surface area contributed by atoms with Crippen molar-refractivity contribution in [2.45, 2.75) is 13.3 Å². The summed E-state index contributed by atoms with van der Waals surface area (Å²) < 4.78 is 35.3. The summed E-state index contributed by atoms with van der Waals surface area (Å²) in [5.74, 6) is 3.58. The molecule has 0 bridgehead atoms. The van der Waals surface area contributed by atoms with Crippen molar-refractivity contribution in [3.8, 4) is 23.1 Å². The summed E-state index contributed by atoms with van der Waals surface area (Å²) in [6.07, 6.45) is 3.39. The molecule has 1 aliphatic heterocycles. The van der Waals surface area contributed by atoms with Crippen molar-refractivity contribution in [3.05, 3.63) is 70.8 Å². The molecule has 3 heterocycles. The number of amides is 1. The second-order valence-corrected chi connectivity index (χ2v) is 8.14. The van der Waals surface area contributed by atoms with Gasteiger partial charge in [0.15, 0.2) is 0 Å². The van der Waals surface area contributed by atoms with Gasteiger partial charge in [0.05, 0.1) is 30.2 Å². The third-order valence-corrected chi connectivity index (χ3v) is 5.74. The minimum absolute atomic E-state index is 0.159. The number of aryl methyl sites for hydroxylation is 1. The van der Waals surface area contributed by atoms with E-state index in [0.717, 1.165) is 25.2 Å². The van der Waals surface area contributed by atoms with Crippen LogP contribution in [-0.4, -0.2) is 65.2 Å². The van der Waals surface area contributed by atoms with Gasteiger partial charge in [-0.1, -0.05) is 18.8 Å². The van der Waals surface area contributed by atoms with Crippen LogP contribution >= 0.6 is 0 Å². The normalized spacial score (nSPS) is 13.6. The van der Waals surface area contributed by atoms with Gasteiger partial charge in [0.2, 0.25) is 0 Å². The molecule has 0 atom stereocenters. The van der Waals surface area contributed by atoms with Crippen LogP contribution < -0.4 is 11.1 Å². The highest BCUT2D eigenvalue weighted by Gasteiger charge is 2.21. The Morgan fingerprint density at radius 2 is 1.89 bits per heavy atom. The molecule has 3 N–H and O–H groups in total. The molecular formula is C26H26F2N6O2. The van der Waals surface area contributed by atoms with Crippen LogP contribution in [0.1, 0.15) is 34.1 Å². The molecule has 10 heteroatoms. The largest absolute Gasteiger partial charge is 0.384 e. The number of aromatic nitrogens is 3. The van der Waals surface area contributed by atoms with Crippen LogP contribution in [-0.2, 0) is 11.2 Å². The second kappa shape index (κ2) is 11.7. The van der Waals surface area contributed by atoms with E-state index in [1.54, 1.807) is 12.1 Å². The monoisotopic (exact) mass is 492 g/mol. The Bertz CT molecular complexity index is 1280. The fourth-order valence-electron chi connectivity index (χ4n) is 3.82. The van der Waals surface area contributed by atoms with Gasteiger partial charge in [0, 0.05) is 43.5 Å². The van der Waals surface area contributed by atoms with Gasteiger partial charge in [-0.2, -0.15) is 0 Å². The molecule has 1 fully saturated rings. The molecule has 0 radical (unpaired) electrons. The maximum atomic E-state index is 15.0. The van der Waals surface area contributed by atoms with Gasteiger partial charge in [-0.3, -0.25) is 9.69 Å². The van der Waals surface area contributed by atoms with Crippen LogP contribution in [0.3, 0.4) is 0 Å². The zero-order valence-electron chi connectivity index (χ0n) is 19.9. The molecule has 2 aromatic heterocycles. The average Bonchev–Trinajstić information content (AvgIpc) is 2.88. The molecule has 3 aromatic rings. The van der Waals surface area contributed by atoms with Crippen LogP contribution in [0.4, 0.5) is 14.6 Å². The van der Waals surface area contributed by atoms with Gasteiger partial charge in [-0.15, -0.1) is 0 Å². The van der Waals surface area contributed by atoms with Gasteiger partial charge in [-0.25, -0.2) is 23.7 Å². The van der Waals surface area contributed by atoms with E-state index in [2.05, 4.69) is 37.0 Å². The number of morpholine rings is 1. The number of nitrogens with two attached hydrogens (primary N) is 1. The van der Waals surface area contributed by atoms with Gasteiger partial charge >= 0.3 is 0 Å². The van der Waals surface area contributed by atoms with Crippen molar-refractivity contribution >= 4 is 11.7 Å². The molecule has 8 nitrogen and oxygen atoms in total. The summed E-state index contributed by atoms with van der Waals surface area (Å²) in [5, 5.41) is 2.59. The average molecular weight is 493 g/mol. The Labute approximate surface area is 207 Å². The number of nitrogen functional groups attached to an aromatic ring is 1. The fourth-order valence-corrected chi connectivity index (χ4v) is 3.82. The van der Waals surface area contributed by atoms with Crippen LogP contribution in [0.15, 0.2) is 36.8 Å². The number of benzene rings is 1. The fraction of sp³-hybridized carbons (Fsp3) is 0.308. The molecule has 1 aromatic carbocycles.